The number of carboxylic acids is 2. The minimum Gasteiger partial charge on any atom is -0.478 e. The predicted molar refractivity (Wildman–Crippen MR) is 87.3 cm³/mol. The van der Waals surface area contributed by atoms with Gasteiger partial charge in [0.1, 0.15) is 0 Å². The van der Waals surface area contributed by atoms with Crippen molar-refractivity contribution in [3.8, 4) is 0 Å². The minimum absolute atomic E-state index is 0.0613. The van der Waals surface area contributed by atoms with E-state index < -0.39 is 11.9 Å². The number of hydrogen-bond donors (Lipinski definition) is 2. The minimum atomic E-state index is -1.13. The molecule has 0 atom stereocenters. The van der Waals surface area contributed by atoms with Crippen LogP contribution in [0.3, 0.4) is 0 Å². The molecule has 0 aliphatic carbocycles. The molecule has 0 amide bonds. The van der Waals surface area contributed by atoms with Gasteiger partial charge >= 0.3 is 11.9 Å². The highest BCUT2D eigenvalue weighted by atomic mass is 35.5. The maximum Gasteiger partial charge on any atom is 0.333 e. The molecule has 0 saturated heterocycles. The van der Waals surface area contributed by atoms with E-state index in [4.69, 9.17) is 23.2 Å². The monoisotopic (exact) mass is 355 g/mol. The number of nitrogens with zero attached hydrogens (tertiary/aromatic N) is 1. The number of halogens is 2. The van der Waals surface area contributed by atoms with E-state index in [0.717, 1.165) is 0 Å². The second-order valence-corrected chi connectivity index (χ2v) is 6.00. The molecule has 1 heterocycles. The molecule has 1 aromatic rings. The third-order valence-corrected chi connectivity index (χ3v) is 4.77. The lowest BCUT2D eigenvalue weighted by molar-refractivity contribution is -0.133. The topological polar surface area (TPSA) is 77.8 Å². The van der Waals surface area contributed by atoms with Gasteiger partial charge in [-0.3, -0.25) is 0 Å². The molecule has 0 bridgehead atoms. The van der Waals surface area contributed by atoms with E-state index in [1.807, 2.05) is 0 Å². The van der Waals surface area contributed by atoms with Gasteiger partial charge in [-0.2, -0.15) is 0 Å². The van der Waals surface area contributed by atoms with Gasteiger partial charge in [-0.25, -0.2) is 9.59 Å². The van der Waals surface area contributed by atoms with E-state index in [1.54, 1.807) is 36.9 Å². The summed E-state index contributed by atoms with van der Waals surface area (Å²) in [6.45, 7) is 3.55. The Labute approximate surface area is 143 Å². The Bertz CT molecular complexity index is 716. The average molecular weight is 356 g/mol. The maximum atomic E-state index is 11.4. The van der Waals surface area contributed by atoms with Gasteiger partial charge in [0.2, 0.25) is 0 Å². The molecule has 2 rings (SSSR count). The molecule has 0 unspecified atom stereocenters. The van der Waals surface area contributed by atoms with Crippen LogP contribution in [-0.4, -0.2) is 27.1 Å². The smallest absolute Gasteiger partial charge is 0.333 e. The highest BCUT2D eigenvalue weighted by molar-refractivity contribution is 6.42. The number of aliphatic carboxylic acids is 2. The molecule has 7 heteroatoms. The van der Waals surface area contributed by atoms with Crippen molar-refractivity contribution >= 4 is 35.1 Å². The maximum absolute atomic E-state index is 11.4. The van der Waals surface area contributed by atoms with Gasteiger partial charge in [-0.15, -0.1) is 0 Å². The summed E-state index contributed by atoms with van der Waals surface area (Å²) in [5, 5.41) is 19.4. The Morgan fingerprint density at radius 1 is 1.09 bits per heavy atom. The van der Waals surface area contributed by atoms with E-state index in [1.165, 1.54) is 0 Å². The number of benzene rings is 1. The lowest BCUT2D eigenvalue weighted by Gasteiger charge is -2.33. The second kappa shape index (κ2) is 6.64. The van der Waals surface area contributed by atoms with Crippen LogP contribution in [0.5, 0.6) is 0 Å². The Balaban J connectivity index is 2.51. The number of rotatable bonds is 4. The molecular weight excluding hydrogens is 341 g/mol. The van der Waals surface area contributed by atoms with Crippen molar-refractivity contribution in [2.75, 3.05) is 0 Å². The van der Waals surface area contributed by atoms with Crippen LogP contribution in [0.15, 0.2) is 40.7 Å². The fourth-order valence-electron chi connectivity index (χ4n) is 2.55. The van der Waals surface area contributed by atoms with Gasteiger partial charge in [-0.05, 0) is 25.5 Å². The number of carboxylic acid groups (broad SMARTS) is 2. The SMILES string of the molecule is CC1=C(C(=O)O)CC(C(=O)O)=C(C)N1Cc1cccc(Cl)c1Cl. The first-order valence-electron chi connectivity index (χ1n) is 6.80. The molecule has 0 saturated carbocycles. The normalized spacial score (nSPS) is 15.2. The standard InChI is InChI=1S/C16H15Cl2NO4/c1-8-11(15(20)21)6-12(16(22)23)9(2)19(8)7-10-4-3-5-13(17)14(10)18/h3-5H,6-7H2,1-2H3,(H,20,21)(H,22,23). The van der Waals surface area contributed by atoms with Crippen LogP contribution in [0.4, 0.5) is 0 Å². The predicted octanol–water partition coefficient (Wildman–Crippen LogP) is 3.92. The van der Waals surface area contributed by atoms with Gasteiger partial charge < -0.3 is 15.1 Å². The van der Waals surface area contributed by atoms with Gasteiger partial charge in [0.15, 0.2) is 0 Å². The summed E-state index contributed by atoms with van der Waals surface area (Å²) in [4.78, 5) is 24.5. The Morgan fingerprint density at radius 2 is 1.61 bits per heavy atom. The summed E-state index contributed by atoms with van der Waals surface area (Å²) >= 11 is 12.2. The summed E-state index contributed by atoms with van der Waals surface area (Å²) in [6, 6.07) is 5.16. The first-order valence-corrected chi connectivity index (χ1v) is 7.56. The van der Waals surface area contributed by atoms with Crippen molar-refractivity contribution in [1.29, 1.82) is 0 Å². The van der Waals surface area contributed by atoms with Crippen molar-refractivity contribution in [2.24, 2.45) is 0 Å². The highest BCUT2D eigenvalue weighted by Crippen LogP contribution is 2.34. The molecule has 23 heavy (non-hydrogen) atoms. The second-order valence-electron chi connectivity index (χ2n) is 5.21. The van der Waals surface area contributed by atoms with Crippen molar-refractivity contribution in [3.63, 3.8) is 0 Å². The lowest BCUT2D eigenvalue weighted by atomic mass is 9.96. The van der Waals surface area contributed by atoms with Crippen molar-refractivity contribution in [2.45, 2.75) is 26.8 Å². The summed E-state index contributed by atoms with van der Waals surface area (Å²) in [5.41, 5.74) is 1.80. The summed E-state index contributed by atoms with van der Waals surface area (Å²) in [5.74, 6) is -2.26. The lowest BCUT2D eigenvalue weighted by Crippen LogP contribution is -2.29. The molecule has 0 radical (unpaired) electrons. The summed E-state index contributed by atoms with van der Waals surface area (Å²) in [7, 11) is 0. The molecular formula is C16H15Cl2NO4. The molecule has 0 spiro atoms. The molecule has 0 aromatic heterocycles. The van der Waals surface area contributed by atoms with Crippen LogP contribution >= 0.6 is 23.2 Å². The zero-order valence-corrected chi connectivity index (χ0v) is 14.1. The van der Waals surface area contributed by atoms with Crippen LogP contribution in [-0.2, 0) is 16.1 Å². The van der Waals surface area contributed by atoms with Crippen molar-refractivity contribution in [1.82, 2.24) is 4.90 Å². The van der Waals surface area contributed by atoms with E-state index >= 15 is 0 Å². The molecule has 2 N–H and O–H groups in total. The Hall–Kier alpha value is -1.98. The number of allylic oxidation sites excluding steroid dienone is 2. The largest absolute Gasteiger partial charge is 0.478 e. The van der Waals surface area contributed by atoms with Gasteiger partial charge in [0, 0.05) is 24.4 Å². The fourth-order valence-corrected chi connectivity index (χ4v) is 2.93. The van der Waals surface area contributed by atoms with E-state index in [2.05, 4.69) is 0 Å². The zero-order chi connectivity index (χ0) is 17.3. The molecule has 122 valence electrons. The average Bonchev–Trinajstić information content (AvgIpc) is 2.47. The first-order chi connectivity index (χ1) is 10.7. The van der Waals surface area contributed by atoms with E-state index in [9.17, 15) is 19.8 Å². The fraction of sp³-hybridized carbons (Fsp3) is 0.250. The van der Waals surface area contributed by atoms with Gasteiger partial charge in [0.05, 0.1) is 21.2 Å². The Kier molecular flexibility index (Phi) is 5.02. The summed E-state index contributed by atoms with van der Waals surface area (Å²) < 4.78 is 0. The molecule has 5 nitrogen and oxygen atoms in total. The van der Waals surface area contributed by atoms with Crippen molar-refractivity contribution < 1.29 is 19.8 Å². The van der Waals surface area contributed by atoms with Gasteiger partial charge in [0.25, 0.3) is 0 Å². The Morgan fingerprint density at radius 3 is 2.09 bits per heavy atom. The zero-order valence-electron chi connectivity index (χ0n) is 12.6. The number of hydrogen-bond acceptors (Lipinski definition) is 3. The van der Waals surface area contributed by atoms with Crippen molar-refractivity contribution in [3.05, 3.63) is 56.3 Å². The van der Waals surface area contributed by atoms with Crippen LogP contribution in [0.2, 0.25) is 10.0 Å². The first kappa shape index (κ1) is 17.4. The van der Waals surface area contributed by atoms with Gasteiger partial charge in [-0.1, -0.05) is 35.3 Å². The summed E-state index contributed by atoms with van der Waals surface area (Å²) in [6.07, 6.45) is -0.109. The van der Waals surface area contributed by atoms with Crippen LogP contribution in [0.1, 0.15) is 25.8 Å². The highest BCUT2D eigenvalue weighted by Gasteiger charge is 2.29. The molecule has 0 fully saturated rings. The third kappa shape index (κ3) is 3.35. The molecule has 1 aliphatic rings. The van der Waals surface area contributed by atoms with E-state index in [0.29, 0.717) is 27.0 Å². The third-order valence-electron chi connectivity index (χ3n) is 3.91. The van der Waals surface area contributed by atoms with Crippen LogP contribution in [0.25, 0.3) is 0 Å². The van der Waals surface area contributed by atoms with Crippen LogP contribution in [0, 0.1) is 0 Å². The van der Waals surface area contributed by atoms with Crippen LogP contribution < -0.4 is 0 Å². The molecule has 1 aliphatic heterocycles. The van der Waals surface area contributed by atoms with E-state index in [-0.39, 0.29) is 24.1 Å². The quantitative estimate of drug-likeness (QED) is 0.855. The number of carbonyl (C=O) groups is 2. The molecule has 1 aromatic carbocycles.